The van der Waals surface area contributed by atoms with E-state index in [9.17, 15) is 4.79 Å². The lowest BCUT2D eigenvalue weighted by molar-refractivity contribution is -0.147. The number of ether oxygens (including phenoxy) is 2. The molecule has 1 aromatic heterocycles. The van der Waals surface area contributed by atoms with Gasteiger partial charge in [0.25, 0.3) is 5.91 Å². The Bertz CT molecular complexity index is 536. The van der Waals surface area contributed by atoms with Gasteiger partial charge in [0.05, 0.1) is 18.8 Å². The van der Waals surface area contributed by atoms with E-state index in [1.807, 2.05) is 11.8 Å². The second-order valence-electron chi connectivity index (χ2n) is 7.05. The van der Waals surface area contributed by atoms with Crippen molar-refractivity contribution in [2.24, 2.45) is 7.05 Å². The van der Waals surface area contributed by atoms with E-state index in [1.165, 1.54) is 18.5 Å². The van der Waals surface area contributed by atoms with Crippen LogP contribution in [-0.4, -0.2) is 47.3 Å². The summed E-state index contributed by atoms with van der Waals surface area (Å²) in [5, 5.41) is 0. The van der Waals surface area contributed by atoms with Gasteiger partial charge in [-0.15, -0.1) is 0 Å². The maximum absolute atomic E-state index is 13.0. The Balaban J connectivity index is 1.66. The molecular weight excluding hydrogens is 304 g/mol. The van der Waals surface area contributed by atoms with Gasteiger partial charge in [-0.25, -0.2) is 0 Å². The molecule has 0 spiro atoms. The summed E-state index contributed by atoms with van der Waals surface area (Å²) in [7, 11) is 2.06. The molecule has 5 heteroatoms. The van der Waals surface area contributed by atoms with Crippen molar-refractivity contribution in [3.05, 3.63) is 24.0 Å². The average molecular weight is 334 g/mol. The maximum Gasteiger partial charge on any atom is 0.251 e. The highest BCUT2D eigenvalue weighted by Crippen LogP contribution is 2.31. The number of likely N-dealkylation sites (tertiary alicyclic amines) is 1. The molecule has 2 aliphatic heterocycles. The van der Waals surface area contributed by atoms with Crippen LogP contribution < -0.4 is 0 Å². The molecule has 2 aliphatic rings. The number of carbonyl (C=O) groups excluding carboxylic acids is 1. The van der Waals surface area contributed by atoms with E-state index < -0.39 is 6.10 Å². The van der Waals surface area contributed by atoms with Crippen molar-refractivity contribution in [3.8, 4) is 0 Å². The fraction of sp³-hybridized carbons (Fsp3) is 0.737. The highest BCUT2D eigenvalue weighted by molar-refractivity contribution is 5.81. The minimum Gasteiger partial charge on any atom is -0.376 e. The number of hydrogen-bond donors (Lipinski definition) is 0. The lowest BCUT2D eigenvalue weighted by Gasteiger charge is -2.32. The summed E-state index contributed by atoms with van der Waals surface area (Å²) >= 11 is 0. The van der Waals surface area contributed by atoms with E-state index in [0.717, 1.165) is 38.8 Å². The Morgan fingerprint density at radius 1 is 1.33 bits per heavy atom. The standard InChI is InChI=1S/C19H30N2O3/c1-15(24-14-16-8-7-13-23-16)19(22)21-12-5-3-4-9-18(21)17-10-6-11-20(17)2/h6,10-11,15-16,18H,3-5,7-9,12-14H2,1-2H3. The first kappa shape index (κ1) is 17.5. The molecular formula is C19H30N2O3. The van der Waals surface area contributed by atoms with E-state index in [4.69, 9.17) is 9.47 Å². The molecule has 24 heavy (non-hydrogen) atoms. The number of aryl methyl sites for hydroxylation is 1. The van der Waals surface area contributed by atoms with Crippen LogP contribution in [0.25, 0.3) is 0 Å². The third-order valence-electron chi connectivity index (χ3n) is 5.27. The van der Waals surface area contributed by atoms with E-state index in [1.54, 1.807) is 0 Å². The summed E-state index contributed by atoms with van der Waals surface area (Å²) in [6, 6.07) is 4.35. The van der Waals surface area contributed by atoms with Gasteiger partial charge in [0.1, 0.15) is 6.10 Å². The second kappa shape index (κ2) is 8.17. The summed E-state index contributed by atoms with van der Waals surface area (Å²) in [5.41, 5.74) is 1.22. The molecule has 0 radical (unpaired) electrons. The molecule has 1 amide bonds. The summed E-state index contributed by atoms with van der Waals surface area (Å²) < 4.78 is 13.6. The Morgan fingerprint density at radius 2 is 2.21 bits per heavy atom. The van der Waals surface area contributed by atoms with Gasteiger partial charge in [0.2, 0.25) is 0 Å². The Morgan fingerprint density at radius 3 is 2.92 bits per heavy atom. The van der Waals surface area contributed by atoms with E-state index in [0.29, 0.717) is 6.61 Å². The van der Waals surface area contributed by atoms with Gasteiger partial charge >= 0.3 is 0 Å². The fourth-order valence-corrected chi connectivity index (χ4v) is 3.83. The lowest BCUT2D eigenvalue weighted by Crippen LogP contribution is -2.42. The third kappa shape index (κ3) is 4.01. The molecule has 2 fully saturated rings. The topological polar surface area (TPSA) is 43.7 Å². The first-order valence-electron chi connectivity index (χ1n) is 9.31. The van der Waals surface area contributed by atoms with E-state index >= 15 is 0 Å². The van der Waals surface area contributed by atoms with E-state index in [2.05, 4.69) is 29.9 Å². The van der Waals surface area contributed by atoms with Crippen molar-refractivity contribution in [3.63, 3.8) is 0 Å². The number of rotatable bonds is 5. The molecule has 0 aliphatic carbocycles. The second-order valence-corrected chi connectivity index (χ2v) is 7.05. The zero-order valence-electron chi connectivity index (χ0n) is 14.9. The van der Waals surface area contributed by atoms with Gasteiger partial charge in [0, 0.05) is 32.1 Å². The molecule has 3 heterocycles. The van der Waals surface area contributed by atoms with Crippen molar-refractivity contribution in [2.75, 3.05) is 19.8 Å². The highest BCUT2D eigenvalue weighted by Gasteiger charge is 2.31. The Labute approximate surface area is 144 Å². The minimum absolute atomic E-state index is 0.112. The predicted octanol–water partition coefficient (Wildman–Crippen LogP) is 3.05. The van der Waals surface area contributed by atoms with Crippen LogP contribution in [0.1, 0.15) is 57.2 Å². The minimum atomic E-state index is -0.407. The average Bonchev–Trinajstić information content (AvgIpc) is 3.19. The van der Waals surface area contributed by atoms with Gasteiger partial charge in [-0.1, -0.05) is 12.8 Å². The zero-order valence-corrected chi connectivity index (χ0v) is 14.9. The van der Waals surface area contributed by atoms with Crippen molar-refractivity contribution < 1.29 is 14.3 Å². The number of nitrogens with zero attached hydrogens (tertiary/aromatic N) is 2. The number of aromatic nitrogens is 1. The molecule has 0 N–H and O–H groups in total. The molecule has 0 saturated carbocycles. The SMILES string of the molecule is CC(OCC1CCCO1)C(=O)N1CCCCCC1c1cccn1C. The Kier molecular flexibility index (Phi) is 5.95. The fourth-order valence-electron chi connectivity index (χ4n) is 3.83. The van der Waals surface area contributed by atoms with Crippen molar-refractivity contribution in [1.29, 1.82) is 0 Å². The largest absolute Gasteiger partial charge is 0.376 e. The van der Waals surface area contributed by atoms with Gasteiger partial charge in [-0.05, 0) is 44.7 Å². The molecule has 5 nitrogen and oxygen atoms in total. The number of hydrogen-bond acceptors (Lipinski definition) is 3. The zero-order chi connectivity index (χ0) is 16.9. The van der Waals surface area contributed by atoms with Crippen LogP contribution in [0.2, 0.25) is 0 Å². The molecule has 134 valence electrons. The van der Waals surface area contributed by atoms with Gasteiger partial charge in [0.15, 0.2) is 0 Å². The quantitative estimate of drug-likeness (QED) is 0.831. The summed E-state index contributed by atoms with van der Waals surface area (Å²) in [6.07, 6.45) is 8.41. The van der Waals surface area contributed by atoms with Crippen LogP contribution in [0.15, 0.2) is 18.3 Å². The molecule has 0 bridgehead atoms. The van der Waals surface area contributed by atoms with Crippen molar-refractivity contribution >= 4 is 5.91 Å². The van der Waals surface area contributed by atoms with Crippen LogP contribution in [0.5, 0.6) is 0 Å². The molecule has 3 rings (SSSR count). The molecule has 0 aromatic carbocycles. The summed E-state index contributed by atoms with van der Waals surface area (Å²) in [6.45, 7) is 4.04. The number of amides is 1. The first-order valence-corrected chi connectivity index (χ1v) is 9.31. The van der Waals surface area contributed by atoms with Crippen LogP contribution >= 0.6 is 0 Å². The third-order valence-corrected chi connectivity index (χ3v) is 5.27. The first-order chi connectivity index (χ1) is 11.7. The van der Waals surface area contributed by atoms with Gasteiger partial charge < -0.3 is 18.9 Å². The Hall–Kier alpha value is -1.33. The van der Waals surface area contributed by atoms with Crippen LogP contribution in [-0.2, 0) is 21.3 Å². The normalized spacial score (nSPS) is 26.3. The van der Waals surface area contributed by atoms with Crippen molar-refractivity contribution in [1.82, 2.24) is 9.47 Å². The predicted molar refractivity (Wildman–Crippen MR) is 92.7 cm³/mol. The lowest BCUT2D eigenvalue weighted by atomic mass is 10.1. The smallest absolute Gasteiger partial charge is 0.251 e. The van der Waals surface area contributed by atoms with Crippen molar-refractivity contribution in [2.45, 2.75) is 63.7 Å². The number of carbonyl (C=O) groups is 1. The van der Waals surface area contributed by atoms with Crippen LogP contribution in [0.3, 0.4) is 0 Å². The molecule has 2 saturated heterocycles. The summed E-state index contributed by atoms with van der Waals surface area (Å²) in [5.74, 6) is 0.112. The summed E-state index contributed by atoms with van der Waals surface area (Å²) in [4.78, 5) is 15.1. The van der Waals surface area contributed by atoms with Crippen LogP contribution in [0.4, 0.5) is 0 Å². The molecule has 3 atom stereocenters. The van der Waals surface area contributed by atoms with E-state index in [-0.39, 0.29) is 18.1 Å². The molecule has 1 aromatic rings. The molecule has 3 unspecified atom stereocenters. The van der Waals surface area contributed by atoms with Gasteiger partial charge in [-0.2, -0.15) is 0 Å². The highest BCUT2D eigenvalue weighted by atomic mass is 16.5. The maximum atomic E-state index is 13.0. The van der Waals surface area contributed by atoms with Crippen LogP contribution in [0, 0.1) is 0 Å². The monoisotopic (exact) mass is 334 g/mol. The van der Waals surface area contributed by atoms with Gasteiger partial charge in [-0.3, -0.25) is 4.79 Å².